The first-order chi connectivity index (χ1) is 12.2. The molecular weight excluding hydrogens is 378 g/mol. The number of ether oxygens (including phenoxy) is 1. The minimum absolute atomic E-state index is 0.0468. The van der Waals surface area contributed by atoms with Crippen LogP contribution in [0, 0.1) is 0 Å². The highest BCUT2D eigenvalue weighted by Gasteiger charge is 2.38. The Labute approximate surface area is 155 Å². The number of benzene rings is 2. The molecule has 6 nitrogen and oxygen atoms in total. The monoisotopic (exact) mass is 391 g/mol. The number of hydrogen-bond donors (Lipinski definition) is 0. The average Bonchev–Trinajstić information content (AvgIpc) is 2.60. The van der Waals surface area contributed by atoms with Gasteiger partial charge in [-0.05, 0) is 24.3 Å². The minimum Gasteiger partial charge on any atom is -0.420 e. The number of esters is 1. The van der Waals surface area contributed by atoms with Gasteiger partial charge < -0.3 is 4.74 Å². The molecule has 0 saturated heterocycles. The third-order valence-corrected chi connectivity index (χ3v) is 6.07. The van der Waals surface area contributed by atoms with E-state index < -0.39 is 21.8 Å². The molecule has 0 fully saturated rings. The van der Waals surface area contributed by atoms with Crippen molar-refractivity contribution in [1.29, 1.82) is 0 Å². The smallest absolute Gasteiger partial charge is 0.345 e. The van der Waals surface area contributed by atoms with Crippen LogP contribution in [0.2, 0.25) is 5.02 Å². The predicted octanol–water partition coefficient (Wildman–Crippen LogP) is 3.09. The van der Waals surface area contributed by atoms with Crippen molar-refractivity contribution in [3.63, 3.8) is 0 Å². The van der Waals surface area contributed by atoms with E-state index in [9.17, 15) is 18.0 Å². The Morgan fingerprint density at radius 1 is 1.04 bits per heavy atom. The Morgan fingerprint density at radius 2 is 1.65 bits per heavy atom. The van der Waals surface area contributed by atoms with Crippen LogP contribution in [0.5, 0.6) is 0 Å². The average molecular weight is 392 g/mol. The highest BCUT2D eigenvalue weighted by atomic mass is 35.5. The normalized spacial score (nSPS) is 15.4. The van der Waals surface area contributed by atoms with Gasteiger partial charge in [0.25, 0.3) is 10.0 Å². The summed E-state index contributed by atoms with van der Waals surface area (Å²) in [5.41, 5.74) is 0.0402. The maximum absolute atomic E-state index is 12.7. The largest absolute Gasteiger partial charge is 0.420 e. The van der Waals surface area contributed by atoms with Crippen molar-refractivity contribution >= 4 is 39.1 Å². The van der Waals surface area contributed by atoms with Gasteiger partial charge in [0.2, 0.25) is 0 Å². The van der Waals surface area contributed by atoms with Gasteiger partial charge in [-0.25, -0.2) is 13.2 Å². The van der Waals surface area contributed by atoms with Crippen LogP contribution in [-0.4, -0.2) is 31.5 Å². The van der Waals surface area contributed by atoms with E-state index in [0.717, 1.165) is 4.31 Å². The molecule has 0 aromatic heterocycles. The Hall–Kier alpha value is -2.64. The number of fused-ring (bicyclic) bond motifs is 1. The zero-order chi connectivity index (χ0) is 19.1. The van der Waals surface area contributed by atoms with E-state index in [1.165, 1.54) is 38.2 Å². The number of halogens is 1. The van der Waals surface area contributed by atoms with E-state index in [1.54, 1.807) is 24.3 Å². The van der Waals surface area contributed by atoms with Crippen molar-refractivity contribution in [2.75, 3.05) is 7.05 Å². The molecule has 26 heavy (non-hydrogen) atoms. The fraction of sp³-hybridized carbons (Fsp3) is 0.111. The van der Waals surface area contributed by atoms with Crippen molar-refractivity contribution in [2.45, 2.75) is 11.8 Å². The molecule has 1 aliphatic rings. The van der Waals surface area contributed by atoms with Crippen molar-refractivity contribution < 1.29 is 22.7 Å². The number of ketones is 1. The highest BCUT2D eigenvalue weighted by molar-refractivity contribution is 7.89. The molecule has 0 unspecified atom stereocenters. The van der Waals surface area contributed by atoms with Crippen LogP contribution in [0.15, 0.2) is 59.1 Å². The van der Waals surface area contributed by atoms with Crippen LogP contribution in [-0.2, 0) is 19.6 Å². The number of allylic oxidation sites excluding steroid dienone is 1. The second-order valence-electron chi connectivity index (χ2n) is 5.57. The number of rotatable bonds is 3. The lowest BCUT2D eigenvalue weighted by Gasteiger charge is -2.29. The standard InChI is InChI=1S/C18H14ClNO5S/c1-11(21)16-17(25-18(22)12-7-3-5-9-14(12)19)13-8-4-6-10-15(13)26(23,24)20(16)2/h3-10H,1-2H3. The summed E-state index contributed by atoms with van der Waals surface area (Å²) in [4.78, 5) is 24.6. The van der Waals surface area contributed by atoms with E-state index in [4.69, 9.17) is 16.3 Å². The van der Waals surface area contributed by atoms with Crippen LogP contribution in [0.4, 0.5) is 0 Å². The molecule has 2 aromatic rings. The van der Waals surface area contributed by atoms with Gasteiger partial charge in [-0.3, -0.25) is 9.10 Å². The molecule has 0 amide bonds. The summed E-state index contributed by atoms with van der Waals surface area (Å²) in [7, 11) is -2.68. The van der Waals surface area contributed by atoms with Crippen LogP contribution >= 0.6 is 11.6 Å². The number of carbonyl (C=O) groups is 2. The molecular formula is C18H14ClNO5S. The molecule has 1 heterocycles. The molecule has 0 aliphatic carbocycles. The van der Waals surface area contributed by atoms with Crippen LogP contribution < -0.4 is 0 Å². The summed E-state index contributed by atoms with van der Waals surface area (Å²) >= 11 is 6.02. The van der Waals surface area contributed by atoms with Crippen LogP contribution in [0.3, 0.4) is 0 Å². The maximum atomic E-state index is 12.7. The van der Waals surface area contributed by atoms with Crippen molar-refractivity contribution in [3.8, 4) is 0 Å². The summed E-state index contributed by atoms with van der Waals surface area (Å²) in [5, 5.41) is 0.188. The van der Waals surface area contributed by atoms with Crippen LogP contribution in [0.25, 0.3) is 5.76 Å². The molecule has 2 aromatic carbocycles. The lowest BCUT2D eigenvalue weighted by Crippen LogP contribution is -2.35. The summed E-state index contributed by atoms with van der Waals surface area (Å²) in [6.45, 7) is 1.21. The van der Waals surface area contributed by atoms with Gasteiger partial charge in [-0.2, -0.15) is 0 Å². The quantitative estimate of drug-likeness (QED) is 0.751. The molecule has 0 atom stereocenters. The van der Waals surface area contributed by atoms with Gasteiger partial charge in [0.1, 0.15) is 5.70 Å². The van der Waals surface area contributed by atoms with Gasteiger partial charge in [0.05, 0.1) is 15.5 Å². The fourth-order valence-electron chi connectivity index (χ4n) is 2.68. The molecule has 0 radical (unpaired) electrons. The summed E-state index contributed by atoms with van der Waals surface area (Å²) in [6, 6.07) is 12.3. The second kappa shape index (κ2) is 6.59. The molecule has 0 bridgehead atoms. The first-order valence-electron chi connectivity index (χ1n) is 7.55. The van der Waals surface area contributed by atoms with Crippen molar-refractivity contribution in [2.24, 2.45) is 0 Å². The lowest BCUT2D eigenvalue weighted by atomic mass is 10.1. The zero-order valence-corrected chi connectivity index (χ0v) is 15.5. The van der Waals surface area contributed by atoms with Gasteiger partial charge in [-0.1, -0.05) is 35.9 Å². The van der Waals surface area contributed by atoms with Crippen LogP contribution in [0.1, 0.15) is 22.8 Å². The molecule has 3 rings (SSSR count). The molecule has 0 saturated carbocycles. The summed E-state index contributed by atoms with van der Waals surface area (Å²) < 4.78 is 31.6. The molecule has 1 aliphatic heterocycles. The van der Waals surface area contributed by atoms with E-state index in [-0.39, 0.29) is 32.5 Å². The van der Waals surface area contributed by atoms with E-state index in [0.29, 0.717) is 0 Å². The Balaban J connectivity index is 2.19. The van der Waals surface area contributed by atoms with E-state index in [1.807, 2.05) is 0 Å². The van der Waals surface area contributed by atoms with Crippen molar-refractivity contribution in [3.05, 3.63) is 70.4 Å². The topological polar surface area (TPSA) is 80.8 Å². The molecule has 0 spiro atoms. The first kappa shape index (κ1) is 18.2. The van der Waals surface area contributed by atoms with Gasteiger partial charge >= 0.3 is 5.97 Å². The number of nitrogens with zero attached hydrogens (tertiary/aromatic N) is 1. The maximum Gasteiger partial charge on any atom is 0.345 e. The van der Waals surface area contributed by atoms with Gasteiger partial charge in [0, 0.05) is 19.5 Å². The Kier molecular flexibility index (Phi) is 4.60. The zero-order valence-electron chi connectivity index (χ0n) is 13.9. The number of hydrogen-bond acceptors (Lipinski definition) is 5. The SMILES string of the molecule is CC(=O)C1=C(OC(=O)c2ccccc2Cl)c2ccccc2S(=O)(=O)N1C. The molecule has 8 heteroatoms. The Bertz CT molecular complexity index is 1060. The van der Waals surface area contributed by atoms with E-state index in [2.05, 4.69) is 0 Å². The predicted molar refractivity (Wildman–Crippen MR) is 95.9 cm³/mol. The van der Waals surface area contributed by atoms with E-state index >= 15 is 0 Å². The highest BCUT2D eigenvalue weighted by Crippen LogP contribution is 2.37. The number of sulfonamides is 1. The lowest BCUT2D eigenvalue weighted by molar-refractivity contribution is -0.114. The number of likely N-dealkylation sites (N-methyl/N-ethyl adjacent to an activating group) is 1. The summed E-state index contributed by atoms with van der Waals surface area (Å²) in [5.74, 6) is -1.45. The molecule has 0 N–H and O–H groups in total. The minimum atomic E-state index is -3.92. The Morgan fingerprint density at radius 3 is 2.31 bits per heavy atom. The third-order valence-electron chi connectivity index (χ3n) is 3.92. The second-order valence-corrected chi connectivity index (χ2v) is 7.92. The number of Topliss-reactive ketones (excluding diaryl/α,β-unsaturated/α-hetero) is 1. The van der Waals surface area contributed by atoms with Crippen molar-refractivity contribution in [1.82, 2.24) is 4.31 Å². The van der Waals surface area contributed by atoms with Gasteiger partial charge in [-0.15, -0.1) is 0 Å². The van der Waals surface area contributed by atoms with Gasteiger partial charge in [0.15, 0.2) is 11.5 Å². The fourth-order valence-corrected chi connectivity index (χ4v) is 4.33. The third kappa shape index (κ3) is 2.89. The number of carbonyl (C=O) groups excluding carboxylic acids is 2. The summed E-state index contributed by atoms with van der Waals surface area (Å²) in [6.07, 6.45) is 0. The first-order valence-corrected chi connectivity index (χ1v) is 9.37. The molecule has 134 valence electrons.